The molecule has 0 aromatic heterocycles. The molecule has 3 heteroatoms. The van der Waals surface area contributed by atoms with Crippen molar-refractivity contribution in [3.63, 3.8) is 0 Å². The molecule has 3 nitrogen and oxygen atoms in total. The first-order valence-electron chi connectivity index (χ1n) is 6.07. The van der Waals surface area contributed by atoms with Crippen molar-refractivity contribution in [1.82, 2.24) is 0 Å². The van der Waals surface area contributed by atoms with Gasteiger partial charge in [0.15, 0.2) is 11.5 Å². The molecule has 1 aliphatic rings. The van der Waals surface area contributed by atoms with E-state index in [4.69, 9.17) is 9.47 Å². The Balaban J connectivity index is 2.23. The number of allylic oxidation sites excluding steroid dienone is 2. The van der Waals surface area contributed by atoms with Crippen molar-refractivity contribution < 1.29 is 14.6 Å². The summed E-state index contributed by atoms with van der Waals surface area (Å²) in [5.41, 5.74) is -0.963. The average molecular weight is 246 g/mol. The van der Waals surface area contributed by atoms with E-state index in [1.165, 1.54) is 0 Å². The number of hydrogen-bond acceptors (Lipinski definition) is 3. The molecule has 2 atom stereocenters. The molecule has 0 radical (unpaired) electrons. The van der Waals surface area contributed by atoms with Crippen LogP contribution < -0.4 is 9.47 Å². The van der Waals surface area contributed by atoms with Gasteiger partial charge in [0, 0.05) is 0 Å². The van der Waals surface area contributed by atoms with Gasteiger partial charge in [-0.2, -0.15) is 0 Å². The molecule has 0 saturated carbocycles. The van der Waals surface area contributed by atoms with Gasteiger partial charge in [-0.05, 0) is 30.7 Å². The van der Waals surface area contributed by atoms with Crippen LogP contribution in [0.15, 0.2) is 48.6 Å². The molecule has 0 aliphatic heterocycles. The standard InChI is InChI=1S/C15H18O3/c1-3-15(16)11-7-6-10-14(15)18-13-9-5-4-8-12(13)17-2/h4-11,14,16H,3H2,1-2H3. The summed E-state index contributed by atoms with van der Waals surface area (Å²) in [6.07, 6.45) is 7.54. The zero-order valence-corrected chi connectivity index (χ0v) is 10.7. The fourth-order valence-corrected chi connectivity index (χ4v) is 1.96. The molecule has 0 heterocycles. The molecule has 1 N–H and O–H groups in total. The fourth-order valence-electron chi connectivity index (χ4n) is 1.96. The summed E-state index contributed by atoms with van der Waals surface area (Å²) in [5, 5.41) is 10.5. The van der Waals surface area contributed by atoms with Crippen molar-refractivity contribution in [3.05, 3.63) is 48.6 Å². The van der Waals surface area contributed by atoms with E-state index in [1.807, 2.05) is 49.4 Å². The van der Waals surface area contributed by atoms with E-state index in [2.05, 4.69) is 0 Å². The lowest BCUT2D eigenvalue weighted by molar-refractivity contribution is -0.00596. The minimum Gasteiger partial charge on any atom is -0.493 e. The van der Waals surface area contributed by atoms with Crippen LogP contribution in [0, 0.1) is 0 Å². The highest BCUT2D eigenvalue weighted by Gasteiger charge is 2.34. The van der Waals surface area contributed by atoms with Crippen LogP contribution in [0.5, 0.6) is 11.5 Å². The number of para-hydroxylation sites is 2. The van der Waals surface area contributed by atoms with E-state index >= 15 is 0 Å². The maximum Gasteiger partial charge on any atom is 0.162 e. The number of ether oxygens (including phenoxy) is 2. The van der Waals surface area contributed by atoms with Crippen LogP contribution in [0.2, 0.25) is 0 Å². The molecule has 0 fully saturated rings. The molecule has 1 aliphatic carbocycles. The van der Waals surface area contributed by atoms with E-state index in [9.17, 15) is 5.11 Å². The predicted octanol–water partition coefficient (Wildman–Crippen LogP) is 2.71. The molecular formula is C15H18O3. The summed E-state index contributed by atoms with van der Waals surface area (Å²) < 4.78 is 11.1. The Morgan fingerprint density at radius 2 is 1.94 bits per heavy atom. The third-order valence-corrected chi connectivity index (χ3v) is 3.16. The highest BCUT2D eigenvalue weighted by molar-refractivity contribution is 5.40. The van der Waals surface area contributed by atoms with E-state index in [0.29, 0.717) is 17.9 Å². The fraction of sp³-hybridized carbons (Fsp3) is 0.333. The summed E-state index contributed by atoms with van der Waals surface area (Å²) in [4.78, 5) is 0. The van der Waals surface area contributed by atoms with Crippen molar-refractivity contribution in [2.75, 3.05) is 7.11 Å². The minimum atomic E-state index is -0.963. The van der Waals surface area contributed by atoms with Gasteiger partial charge in [-0.3, -0.25) is 0 Å². The molecule has 1 aromatic rings. The zero-order valence-electron chi connectivity index (χ0n) is 10.7. The Morgan fingerprint density at radius 1 is 1.22 bits per heavy atom. The van der Waals surface area contributed by atoms with Crippen LogP contribution >= 0.6 is 0 Å². The van der Waals surface area contributed by atoms with Crippen LogP contribution in [-0.4, -0.2) is 23.9 Å². The second-order valence-electron chi connectivity index (χ2n) is 4.28. The summed E-state index contributed by atoms with van der Waals surface area (Å²) in [5.74, 6) is 1.30. The van der Waals surface area contributed by atoms with Crippen molar-refractivity contribution in [3.8, 4) is 11.5 Å². The summed E-state index contributed by atoms with van der Waals surface area (Å²) in [7, 11) is 1.60. The molecule has 0 amide bonds. The largest absolute Gasteiger partial charge is 0.493 e. The highest BCUT2D eigenvalue weighted by Crippen LogP contribution is 2.31. The van der Waals surface area contributed by atoms with Crippen molar-refractivity contribution in [2.45, 2.75) is 25.0 Å². The van der Waals surface area contributed by atoms with Gasteiger partial charge in [0.25, 0.3) is 0 Å². The topological polar surface area (TPSA) is 38.7 Å². The van der Waals surface area contributed by atoms with Gasteiger partial charge in [0.2, 0.25) is 0 Å². The number of aliphatic hydroxyl groups is 1. The number of rotatable bonds is 4. The SMILES string of the molecule is CCC1(O)C=CC=CC1Oc1ccccc1OC. The van der Waals surface area contributed by atoms with Gasteiger partial charge in [0.1, 0.15) is 11.7 Å². The quantitative estimate of drug-likeness (QED) is 0.887. The van der Waals surface area contributed by atoms with Gasteiger partial charge in [-0.15, -0.1) is 0 Å². The molecule has 0 bridgehead atoms. The number of benzene rings is 1. The van der Waals surface area contributed by atoms with Gasteiger partial charge < -0.3 is 14.6 Å². The first-order chi connectivity index (χ1) is 8.69. The predicted molar refractivity (Wildman–Crippen MR) is 70.9 cm³/mol. The molecule has 2 rings (SSSR count). The van der Waals surface area contributed by atoms with Gasteiger partial charge >= 0.3 is 0 Å². The van der Waals surface area contributed by atoms with Gasteiger partial charge in [0.05, 0.1) is 7.11 Å². The van der Waals surface area contributed by atoms with Crippen LogP contribution in [0.3, 0.4) is 0 Å². The zero-order chi connectivity index (χ0) is 13.0. The maximum absolute atomic E-state index is 10.5. The average Bonchev–Trinajstić information content (AvgIpc) is 2.42. The van der Waals surface area contributed by atoms with Crippen LogP contribution in [-0.2, 0) is 0 Å². The second kappa shape index (κ2) is 5.27. The normalized spacial score (nSPS) is 26.1. The maximum atomic E-state index is 10.5. The van der Waals surface area contributed by atoms with Crippen LogP contribution in [0.4, 0.5) is 0 Å². The third kappa shape index (κ3) is 2.41. The van der Waals surface area contributed by atoms with Gasteiger partial charge in [-0.25, -0.2) is 0 Å². The summed E-state index contributed by atoms with van der Waals surface area (Å²) in [6.45, 7) is 1.93. The third-order valence-electron chi connectivity index (χ3n) is 3.16. The van der Waals surface area contributed by atoms with Crippen molar-refractivity contribution in [1.29, 1.82) is 0 Å². The molecule has 1 aromatic carbocycles. The Kier molecular flexibility index (Phi) is 3.72. The molecular weight excluding hydrogens is 228 g/mol. The lowest BCUT2D eigenvalue weighted by atomic mass is 9.89. The molecule has 0 spiro atoms. The van der Waals surface area contributed by atoms with E-state index in [0.717, 1.165) is 0 Å². The lowest BCUT2D eigenvalue weighted by Gasteiger charge is -2.33. The second-order valence-corrected chi connectivity index (χ2v) is 4.28. The van der Waals surface area contributed by atoms with Crippen molar-refractivity contribution >= 4 is 0 Å². The lowest BCUT2D eigenvalue weighted by Crippen LogP contribution is -2.43. The molecule has 96 valence electrons. The molecule has 18 heavy (non-hydrogen) atoms. The summed E-state index contributed by atoms with van der Waals surface area (Å²) >= 11 is 0. The Hall–Kier alpha value is -1.74. The first kappa shape index (κ1) is 12.7. The highest BCUT2D eigenvalue weighted by atomic mass is 16.5. The Labute approximate surface area is 107 Å². The number of hydrogen-bond donors (Lipinski definition) is 1. The monoisotopic (exact) mass is 246 g/mol. The number of methoxy groups -OCH3 is 1. The Morgan fingerprint density at radius 3 is 2.61 bits per heavy atom. The van der Waals surface area contributed by atoms with Gasteiger partial charge in [-0.1, -0.05) is 31.2 Å². The van der Waals surface area contributed by atoms with Crippen LogP contribution in [0.25, 0.3) is 0 Å². The first-order valence-corrected chi connectivity index (χ1v) is 6.07. The smallest absolute Gasteiger partial charge is 0.162 e. The Bertz CT molecular complexity index is 465. The molecule has 0 saturated heterocycles. The molecule has 2 unspecified atom stereocenters. The van der Waals surface area contributed by atoms with Crippen molar-refractivity contribution in [2.24, 2.45) is 0 Å². The summed E-state index contributed by atoms with van der Waals surface area (Å²) in [6, 6.07) is 7.43. The van der Waals surface area contributed by atoms with Crippen LogP contribution in [0.1, 0.15) is 13.3 Å². The minimum absolute atomic E-state index is 0.399. The van der Waals surface area contributed by atoms with E-state index in [-0.39, 0.29) is 0 Å². The van der Waals surface area contributed by atoms with E-state index in [1.54, 1.807) is 13.2 Å². The van der Waals surface area contributed by atoms with E-state index < -0.39 is 11.7 Å².